The maximum Gasteiger partial charge on any atom is 0.152 e. The van der Waals surface area contributed by atoms with Gasteiger partial charge in [-0.25, -0.2) is 0 Å². The highest BCUT2D eigenvalue weighted by molar-refractivity contribution is 5.43. The van der Waals surface area contributed by atoms with Crippen molar-refractivity contribution >= 4 is 5.69 Å². The summed E-state index contributed by atoms with van der Waals surface area (Å²) >= 11 is 0. The SMILES string of the molecule is CCC(Oc1cccc(N)c1)N1CCCCC1. The number of anilines is 1. The summed E-state index contributed by atoms with van der Waals surface area (Å²) in [4.78, 5) is 2.44. The molecule has 3 nitrogen and oxygen atoms in total. The first-order valence-electron chi connectivity index (χ1n) is 6.56. The van der Waals surface area contributed by atoms with Crippen LogP contribution in [0.25, 0.3) is 0 Å². The molecular weight excluding hydrogens is 212 g/mol. The number of hydrogen-bond acceptors (Lipinski definition) is 3. The van der Waals surface area contributed by atoms with Crippen LogP contribution < -0.4 is 10.5 Å². The van der Waals surface area contributed by atoms with Gasteiger partial charge in [0.15, 0.2) is 6.23 Å². The van der Waals surface area contributed by atoms with Crippen molar-refractivity contribution < 1.29 is 4.74 Å². The highest BCUT2D eigenvalue weighted by Gasteiger charge is 2.20. The lowest BCUT2D eigenvalue weighted by Gasteiger charge is -2.34. The molecule has 0 radical (unpaired) electrons. The second-order valence-corrected chi connectivity index (χ2v) is 4.65. The molecule has 1 unspecified atom stereocenters. The average molecular weight is 234 g/mol. The number of ether oxygens (including phenoxy) is 1. The van der Waals surface area contributed by atoms with E-state index in [1.165, 1.54) is 19.3 Å². The first-order valence-corrected chi connectivity index (χ1v) is 6.56. The number of nitrogens with two attached hydrogens (primary N) is 1. The van der Waals surface area contributed by atoms with E-state index in [1.807, 2.05) is 24.3 Å². The highest BCUT2D eigenvalue weighted by Crippen LogP contribution is 2.20. The third kappa shape index (κ3) is 3.37. The molecule has 0 bridgehead atoms. The van der Waals surface area contributed by atoms with Crippen LogP contribution in [0.2, 0.25) is 0 Å². The molecule has 2 N–H and O–H groups in total. The Kier molecular flexibility index (Phi) is 4.26. The van der Waals surface area contributed by atoms with E-state index in [1.54, 1.807) is 0 Å². The van der Waals surface area contributed by atoms with Gasteiger partial charge in [-0.1, -0.05) is 19.4 Å². The zero-order valence-corrected chi connectivity index (χ0v) is 10.6. The summed E-state index contributed by atoms with van der Waals surface area (Å²) < 4.78 is 6.03. The van der Waals surface area contributed by atoms with Crippen LogP contribution in [0, 0.1) is 0 Å². The summed E-state index contributed by atoms with van der Waals surface area (Å²) in [7, 11) is 0. The molecule has 3 heteroatoms. The van der Waals surface area contributed by atoms with E-state index >= 15 is 0 Å². The minimum Gasteiger partial charge on any atom is -0.475 e. The highest BCUT2D eigenvalue weighted by atomic mass is 16.5. The van der Waals surface area contributed by atoms with E-state index < -0.39 is 0 Å². The second kappa shape index (κ2) is 5.92. The first kappa shape index (κ1) is 12.2. The van der Waals surface area contributed by atoms with Gasteiger partial charge in [0.05, 0.1) is 0 Å². The summed E-state index contributed by atoms with van der Waals surface area (Å²) in [6, 6.07) is 7.69. The summed E-state index contributed by atoms with van der Waals surface area (Å²) in [5.41, 5.74) is 6.52. The summed E-state index contributed by atoms with van der Waals surface area (Å²) in [6.07, 6.45) is 5.13. The summed E-state index contributed by atoms with van der Waals surface area (Å²) in [6.45, 7) is 4.48. The molecule has 1 aliphatic rings. The normalized spacial score (nSPS) is 18.9. The van der Waals surface area contributed by atoms with Gasteiger partial charge in [-0.05, 0) is 31.4 Å². The number of nitrogen functional groups attached to an aromatic ring is 1. The largest absolute Gasteiger partial charge is 0.475 e. The standard InChI is InChI=1S/C14H22N2O/c1-2-14(16-9-4-3-5-10-16)17-13-8-6-7-12(15)11-13/h6-8,11,14H,2-5,9-10,15H2,1H3. The molecule has 94 valence electrons. The van der Waals surface area contributed by atoms with Crippen molar-refractivity contribution in [1.82, 2.24) is 4.90 Å². The van der Waals surface area contributed by atoms with Gasteiger partial charge in [0.1, 0.15) is 5.75 Å². The number of piperidine rings is 1. The lowest BCUT2D eigenvalue weighted by molar-refractivity contribution is 0.00987. The predicted octanol–water partition coefficient (Wildman–Crippen LogP) is 2.87. The zero-order valence-electron chi connectivity index (χ0n) is 10.6. The van der Waals surface area contributed by atoms with E-state index in [-0.39, 0.29) is 6.23 Å². The fourth-order valence-electron chi connectivity index (χ4n) is 2.37. The molecule has 0 saturated carbocycles. The lowest BCUT2D eigenvalue weighted by atomic mass is 10.1. The quantitative estimate of drug-likeness (QED) is 0.814. The fourth-order valence-corrected chi connectivity index (χ4v) is 2.37. The Morgan fingerprint density at radius 2 is 2.06 bits per heavy atom. The monoisotopic (exact) mass is 234 g/mol. The molecule has 0 spiro atoms. The van der Waals surface area contributed by atoms with Crippen LogP contribution in [0.15, 0.2) is 24.3 Å². The van der Waals surface area contributed by atoms with Crippen LogP contribution in [0.3, 0.4) is 0 Å². The molecule has 1 saturated heterocycles. The number of likely N-dealkylation sites (tertiary alicyclic amines) is 1. The van der Waals surface area contributed by atoms with Crippen molar-refractivity contribution in [3.05, 3.63) is 24.3 Å². The molecule has 2 rings (SSSR count). The van der Waals surface area contributed by atoms with Gasteiger partial charge in [0, 0.05) is 24.8 Å². The third-order valence-electron chi connectivity index (χ3n) is 3.28. The average Bonchev–Trinajstić information content (AvgIpc) is 2.37. The van der Waals surface area contributed by atoms with Gasteiger partial charge in [-0.2, -0.15) is 0 Å². The molecule has 0 amide bonds. The van der Waals surface area contributed by atoms with Crippen molar-refractivity contribution in [2.45, 2.75) is 38.8 Å². The van der Waals surface area contributed by atoms with Crippen LogP contribution in [0.5, 0.6) is 5.75 Å². The molecule has 0 aromatic heterocycles. The van der Waals surface area contributed by atoms with Crippen LogP contribution in [0.4, 0.5) is 5.69 Å². The Bertz CT molecular complexity index is 348. The van der Waals surface area contributed by atoms with Gasteiger partial charge in [0.25, 0.3) is 0 Å². The van der Waals surface area contributed by atoms with Gasteiger partial charge in [-0.15, -0.1) is 0 Å². The van der Waals surface area contributed by atoms with Crippen molar-refractivity contribution in [2.24, 2.45) is 0 Å². The maximum absolute atomic E-state index is 6.03. The van der Waals surface area contributed by atoms with Crippen molar-refractivity contribution in [3.8, 4) is 5.75 Å². The van der Waals surface area contributed by atoms with E-state index in [2.05, 4.69) is 11.8 Å². The number of hydrogen-bond donors (Lipinski definition) is 1. The van der Waals surface area contributed by atoms with Crippen LogP contribution in [-0.4, -0.2) is 24.2 Å². The number of nitrogens with zero attached hydrogens (tertiary/aromatic N) is 1. The molecule has 0 aliphatic carbocycles. The predicted molar refractivity (Wildman–Crippen MR) is 71.0 cm³/mol. The molecule has 1 aromatic rings. The van der Waals surface area contributed by atoms with Crippen molar-refractivity contribution in [3.63, 3.8) is 0 Å². The fraction of sp³-hybridized carbons (Fsp3) is 0.571. The summed E-state index contributed by atoms with van der Waals surface area (Å²) in [5.74, 6) is 0.877. The Labute approximate surface area is 104 Å². The molecule has 1 fully saturated rings. The molecule has 17 heavy (non-hydrogen) atoms. The molecule has 1 heterocycles. The maximum atomic E-state index is 6.03. The van der Waals surface area contributed by atoms with Crippen molar-refractivity contribution in [1.29, 1.82) is 0 Å². The Hall–Kier alpha value is -1.22. The topological polar surface area (TPSA) is 38.5 Å². The number of benzene rings is 1. The van der Waals surface area contributed by atoms with Gasteiger partial charge < -0.3 is 10.5 Å². The van der Waals surface area contributed by atoms with E-state index in [0.717, 1.165) is 30.9 Å². The molecule has 1 aromatic carbocycles. The minimum absolute atomic E-state index is 0.192. The van der Waals surface area contributed by atoms with Crippen LogP contribution in [0.1, 0.15) is 32.6 Å². The van der Waals surface area contributed by atoms with Crippen molar-refractivity contribution in [2.75, 3.05) is 18.8 Å². The van der Waals surface area contributed by atoms with Gasteiger partial charge in [-0.3, -0.25) is 4.90 Å². The number of rotatable bonds is 4. The zero-order chi connectivity index (χ0) is 12.1. The molecule has 1 aliphatic heterocycles. The first-order chi connectivity index (χ1) is 8.29. The second-order valence-electron chi connectivity index (χ2n) is 4.65. The van der Waals surface area contributed by atoms with E-state index in [0.29, 0.717) is 0 Å². The Balaban J connectivity index is 1.98. The van der Waals surface area contributed by atoms with Crippen LogP contribution in [-0.2, 0) is 0 Å². The smallest absolute Gasteiger partial charge is 0.152 e. The van der Waals surface area contributed by atoms with Gasteiger partial charge in [0.2, 0.25) is 0 Å². The molecule has 1 atom stereocenters. The summed E-state index contributed by atoms with van der Waals surface area (Å²) in [5, 5.41) is 0. The Morgan fingerprint density at radius 1 is 1.29 bits per heavy atom. The van der Waals surface area contributed by atoms with E-state index in [9.17, 15) is 0 Å². The minimum atomic E-state index is 0.192. The lowest BCUT2D eigenvalue weighted by Crippen LogP contribution is -2.42. The molecular formula is C14H22N2O. The Morgan fingerprint density at radius 3 is 2.71 bits per heavy atom. The van der Waals surface area contributed by atoms with Gasteiger partial charge >= 0.3 is 0 Å². The third-order valence-corrected chi connectivity index (χ3v) is 3.28. The van der Waals surface area contributed by atoms with Crippen LogP contribution >= 0.6 is 0 Å². The van der Waals surface area contributed by atoms with E-state index in [4.69, 9.17) is 10.5 Å².